The zero-order chi connectivity index (χ0) is 12.1. The van der Waals surface area contributed by atoms with E-state index < -0.39 is 0 Å². The number of hydrogen-bond donors (Lipinski definition) is 1. The molecule has 17 heavy (non-hydrogen) atoms. The fraction of sp³-hybridized carbons (Fsp3) is 0.200. The topological polar surface area (TPSA) is 67.8 Å². The van der Waals surface area contributed by atoms with Crippen molar-refractivity contribution in [2.45, 2.75) is 6.42 Å². The third kappa shape index (κ3) is 3.47. The summed E-state index contributed by atoms with van der Waals surface area (Å²) in [5, 5.41) is 5.90. The molecule has 2 aromatic rings. The van der Waals surface area contributed by atoms with Crippen LogP contribution in [0.15, 0.2) is 24.0 Å². The number of carbonyl (C=O) groups excluding carboxylic acids is 1. The number of carbonyl (C=O) groups is 1. The van der Waals surface area contributed by atoms with Gasteiger partial charge in [0.2, 0.25) is 0 Å². The summed E-state index contributed by atoms with van der Waals surface area (Å²) in [6.45, 7) is 0.524. The summed E-state index contributed by atoms with van der Waals surface area (Å²) in [6.07, 6.45) is 5.15. The molecule has 7 heteroatoms. The number of halogens is 1. The Morgan fingerprint density at radius 3 is 2.88 bits per heavy atom. The van der Waals surface area contributed by atoms with Crippen LogP contribution >= 0.6 is 22.9 Å². The Labute approximate surface area is 107 Å². The van der Waals surface area contributed by atoms with Crippen LogP contribution in [0.4, 0.5) is 0 Å². The van der Waals surface area contributed by atoms with Crippen molar-refractivity contribution in [3.63, 3.8) is 0 Å². The summed E-state index contributed by atoms with van der Waals surface area (Å²) in [6, 6.07) is 0. The molecular formula is C10H9ClN4OS. The average Bonchev–Trinajstić information content (AvgIpc) is 2.83. The molecule has 0 aliphatic rings. The van der Waals surface area contributed by atoms with Gasteiger partial charge < -0.3 is 5.32 Å². The van der Waals surface area contributed by atoms with Gasteiger partial charge in [-0.05, 0) is 0 Å². The maximum Gasteiger partial charge on any atom is 0.271 e. The molecule has 0 spiro atoms. The molecule has 88 valence electrons. The zero-order valence-corrected chi connectivity index (χ0v) is 10.3. The van der Waals surface area contributed by atoms with E-state index in [2.05, 4.69) is 20.3 Å². The number of amides is 1. The van der Waals surface area contributed by atoms with Crippen LogP contribution in [-0.4, -0.2) is 27.4 Å². The van der Waals surface area contributed by atoms with Gasteiger partial charge in [-0.15, -0.1) is 11.3 Å². The van der Waals surface area contributed by atoms with E-state index in [1.165, 1.54) is 12.4 Å². The molecule has 0 fully saturated rings. The van der Waals surface area contributed by atoms with Crippen LogP contribution in [0.1, 0.15) is 15.5 Å². The smallest absolute Gasteiger partial charge is 0.271 e. The third-order valence-corrected chi connectivity index (χ3v) is 3.00. The minimum atomic E-state index is -0.259. The highest BCUT2D eigenvalue weighted by molar-refractivity contribution is 7.09. The standard InChI is InChI=1S/C10H9ClN4OS/c11-8-6-14-7(5-15-8)10(16)13-2-1-9-12-3-4-17-9/h3-6H,1-2H2,(H,13,16). The molecule has 0 saturated carbocycles. The largest absolute Gasteiger partial charge is 0.350 e. The second kappa shape index (κ2) is 5.70. The van der Waals surface area contributed by atoms with Crippen molar-refractivity contribution >= 4 is 28.8 Å². The predicted octanol–water partition coefficient (Wildman–Crippen LogP) is 1.56. The molecule has 0 unspecified atom stereocenters. The Balaban J connectivity index is 1.83. The van der Waals surface area contributed by atoms with Crippen LogP contribution in [0.5, 0.6) is 0 Å². The second-order valence-corrected chi connectivity index (χ2v) is 4.52. The monoisotopic (exact) mass is 268 g/mol. The van der Waals surface area contributed by atoms with E-state index in [-0.39, 0.29) is 16.8 Å². The van der Waals surface area contributed by atoms with Gasteiger partial charge in [-0.25, -0.2) is 15.0 Å². The van der Waals surface area contributed by atoms with Crippen LogP contribution in [-0.2, 0) is 6.42 Å². The van der Waals surface area contributed by atoms with Gasteiger partial charge in [0, 0.05) is 24.5 Å². The van der Waals surface area contributed by atoms with Gasteiger partial charge in [-0.1, -0.05) is 11.6 Å². The Kier molecular flexibility index (Phi) is 4.00. The molecule has 2 heterocycles. The highest BCUT2D eigenvalue weighted by Gasteiger charge is 2.07. The van der Waals surface area contributed by atoms with Crippen molar-refractivity contribution in [2.24, 2.45) is 0 Å². The van der Waals surface area contributed by atoms with Crippen molar-refractivity contribution < 1.29 is 4.79 Å². The van der Waals surface area contributed by atoms with Crippen LogP contribution in [0, 0.1) is 0 Å². The zero-order valence-electron chi connectivity index (χ0n) is 8.76. The first kappa shape index (κ1) is 11.9. The second-order valence-electron chi connectivity index (χ2n) is 3.16. The van der Waals surface area contributed by atoms with E-state index in [4.69, 9.17) is 11.6 Å². The van der Waals surface area contributed by atoms with E-state index in [1.807, 2.05) is 5.38 Å². The van der Waals surface area contributed by atoms with Gasteiger partial charge in [-0.2, -0.15) is 0 Å². The summed E-state index contributed by atoms with van der Waals surface area (Å²) >= 11 is 7.14. The summed E-state index contributed by atoms with van der Waals surface area (Å²) in [5.74, 6) is -0.259. The van der Waals surface area contributed by atoms with Crippen LogP contribution in [0.3, 0.4) is 0 Å². The van der Waals surface area contributed by atoms with Crippen LogP contribution in [0.25, 0.3) is 0 Å². The van der Waals surface area contributed by atoms with Crippen molar-refractivity contribution in [3.05, 3.63) is 39.8 Å². The first-order valence-electron chi connectivity index (χ1n) is 4.90. The van der Waals surface area contributed by atoms with Gasteiger partial charge in [0.05, 0.1) is 17.4 Å². The summed E-state index contributed by atoms with van der Waals surface area (Å²) in [7, 11) is 0. The molecule has 0 aromatic carbocycles. The van der Waals surface area contributed by atoms with Gasteiger partial charge in [-0.3, -0.25) is 4.79 Å². The SMILES string of the molecule is O=C(NCCc1nccs1)c1cnc(Cl)cn1. The Bertz CT molecular complexity index is 486. The number of rotatable bonds is 4. The molecule has 0 radical (unpaired) electrons. The molecule has 2 rings (SSSR count). The van der Waals surface area contributed by atoms with Gasteiger partial charge in [0.1, 0.15) is 10.8 Å². The van der Waals surface area contributed by atoms with Crippen molar-refractivity contribution in [1.82, 2.24) is 20.3 Å². The first-order chi connectivity index (χ1) is 8.25. The molecule has 0 aliphatic carbocycles. The summed E-state index contributed by atoms with van der Waals surface area (Å²) in [4.78, 5) is 23.4. The molecule has 0 bridgehead atoms. The van der Waals surface area contributed by atoms with Gasteiger partial charge >= 0.3 is 0 Å². The molecular weight excluding hydrogens is 260 g/mol. The van der Waals surface area contributed by atoms with Crippen LogP contribution < -0.4 is 5.32 Å². The summed E-state index contributed by atoms with van der Waals surface area (Å²) < 4.78 is 0. The molecule has 1 amide bonds. The lowest BCUT2D eigenvalue weighted by Crippen LogP contribution is -2.26. The maximum atomic E-state index is 11.6. The number of nitrogens with one attached hydrogen (secondary N) is 1. The van der Waals surface area contributed by atoms with Gasteiger partial charge in [0.25, 0.3) is 5.91 Å². The highest BCUT2D eigenvalue weighted by Crippen LogP contribution is 2.04. The number of aromatic nitrogens is 3. The maximum absolute atomic E-state index is 11.6. The molecule has 5 nitrogen and oxygen atoms in total. The fourth-order valence-corrected chi connectivity index (χ4v) is 1.90. The summed E-state index contributed by atoms with van der Waals surface area (Å²) in [5.41, 5.74) is 0.258. The van der Waals surface area contributed by atoms with E-state index in [0.29, 0.717) is 13.0 Å². The van der Waals surface area contributed by atoms with E-state index >= 15 is 0 Å². The first-order valence-corrected chi connectivity index (χ1v) is 6.15. The highest BCUT2D eigenvalue weighted by atomic mass is 35.5. The third-order valence-electron chi connectivity index (χ3n) is 1.96. The van der Waals surface area contributed by atoms with Crippen LogP contribution in [0.2, 0.25) is 5.15 Å². The molecule has 0 atom stereocenters. The van der Waals surface area contributed by atoms with E-state index in [9.17, 15) is 4.79 Å². The molecule has 0 saturated heterocycles. The van der Waals surface area contributed by atoms with Gasteiger partial charge in [0.15, 0.2) is 0 Å². The number of hydrogen-bond acceptors (Lipinski definition) is 5. The normalized spacial score (nSPS) is 10.2. The number of nitrogens with zero attached hydrogens (tertiary/aromatic N) is 3. The van der Waals surface area contributed by atoms with Crippen molar-refractivity contribution in [3.8, 4) is 0 Å². The quantitative estimate of drug-likeness (QED) is 0.914. The molecule has 1 N–H and O–H groups in total. The predicted molar refractivity (Wildman–Crippen MR) is 65.2 cm³/mol. The fourth-order valence-electron chi connectivity index (χ4n) is 1.18. The Morgan fingerprint density at radius 1 is 1.35 bits per heavy atom. The lowest BCUT2D eigenvalue weighted by molar-refractivity contribution is 0.0949. The number of thiazole rings is 1. The lowest BCUT2D eigenvalue weighted by atomic mass is 10.4. The Hall–Kier alpha value is -1.53. The minimum absolute atomic E-state index is 0.258. The Morgan fingerprint density at radius 2 is 2.24 bits per heavy atom. The van der Waals surface area contributed by atoms with E-state index in [1.54, 1.807) is 17.5 Å². The van der Waals surface area contributed by atoms with Crippen molar-refractivity contribution in [2.75, 3.05) is 6.54 Å². The average molecular weight is 269 g/mol. The molecule has 2 aromatic heterocycles. The minimum Gasteiger partial charge on any atom is -0.350 e. The molecule has 0 aliphatic heterocycles. The lowest BCUT2D eigenvalue weighted by Gasteiger charge is -2.02. The van der Waals surface area contributed by atoms with E-state index in [0.717, 1.165) is 5.01 Å². The van der Waals surface area contributed by atoms with Crippen molar-refractivity contribution in [1.29, 1.82) is 0 Å².